The molecule has 0 aliphatic rings. The van der Waals surface area contributed by atoms with Crippen LogP contribution in [0.3, 0.4) is 0 Å². The number of carbonyl (C=O) groups excluding carboxylic acids is 2. The summed E-state index contributed by atoms with van der Waals surface area (Å²) in [5, 5.41) is 7.40. The summed E-state index contributed by atoms with van der Waals surface area (Å²) < 4.78 is 20.3. The molecule has 3 aromatic rings. The van der Waals surface area contributed by atoms with E-state index >= 15 is 0 Å². The van der Waals surface area contributed by atoms with Crippen molar-refractivity contribution in [2.75, 3.05) is 12.4 Å². The van der Waals surface area contributed by atoms with Crippen LogP contribution < -0.4 is 5.32 Å². The van der Waals surface area contributed by atoms with Crippen LogP contribution in [0.2, 0.25) is 5.02 Å². The number of carbonyl (C=O) groups is 2. The predicted octanol–water partition coefficient (Wildman–Crippen LogP) is 4.64. The predicted molar refractivity (Wildman–Crippen MR) is 113 cm³/mol. The minimum Gasteiger partial charge on any atom is -0.469 e. The Labute approximate surface area is 178 Å². The second-order valence-electron chi connectivity index (χ2n) is 6.76. The maximum atomic E-state index is 13.8. The second kappa shape index (κ2) is 9.09. The Morgan fingerprint density at radius 3 is 2.53 bits per heavy atom. The third-order valence-corrected chi connectivity index (χ3v) is 5.03. The first-order chi connectivity index (χ1) is 14.3. The molecule has 0 aliphatic carbocycles. The van der Waals surface area contributed by atoms with Crippen LogP contribution in [0.5, 0.6) is 0 Å². The molecule has 0 atom stereocenters. The summed E-state index contributed by atoms with van der Waals surface area (Å²) in [6, 6.07) is 10.8. The molecule has 30 heavy (non-hydrogen) atoms. The summed E-state index contributed by atoms with van der Waals surface area (Å²) in [5.41, 5.74) is 3.88. The molecule has 8 heteroatoms. The van der Waals surface area contributed by atoms with Crippen LogP contribution in [0.1, 0.15) is 33.7 Å². The number of ether oxygens (including phenoxy) is 1. The van der Waals surface area contributed by atoms with Gasteiger partial charge in [-0.3, -0.25) is 9.59 Å². The highest BCUT2D eigenvalue weighted by Crippen LogP contribution is 2.22. The first-order valence-corrected chi connectivity index (χ1v) is 9.66. The molecule has 0 saturated heterocycles. The van der Waals surface area contributed by atoms with Gasteiger partial charge in [-0.2, -0.15) is 5.10 Å². The standard InChI is InChI=1S/C22H21ClFN3O3/c1-13-18(9-11-21(28)30-3)14(2)27(26-13)17-7-4-15(5-8-17)22(29)25-20-12-16(23)6-10-19(20)24/h4-8,10,12H,9,11H2,1-3H3,(H,25,29). The van der Waals surface area contributed by atoms with Gasteiger partial charge in [-0.1, -0.05) is 11.6 Å². The lowest BCUT2D eigenvalue weighted by molar-refractivity contribution is -0.140. The summed E-state index contributed by atoms with van der Waals surface area (Å²) in [7, 11) is 1.37. The summed E-state index contributed by atoms with van der Waals surface area (Å²) in [5.74, 6) is -1.28. The Balaban J connectivity index is 1.78. The van der Waals surface area contributed by atoms with Gasteiger partial charge >= 0.3 is 5.97 Å². The first kappa shape index (κ1) is 21.5. The lowest BCUT2D eigenvalue weighted by atomic mass is 10.1. The minimum atomic E-state index is -0.563. The molecule has 0 fully saturated rings. The van der Waals surface area contributed by atoms with E-state index in [2.05, 4.69) is 10.4 Å². The number of esters is 1. The zero-order valence-corrected chi connectivity index (χ0v) is 17.6. The van der Waals surface area contributed by atoms with E-state index < -0.39 is 11.7 Å². The van der Waals surface area contributed by atoms with Crippen molar-refractivity contribution in [1.82, 2.24) is 9.78 Å². The molecule has 156 valence electrons. The van der Waals surface area contributed by atoms with Crippen LogP contribution in [0.4, 0.5) is 10.1 Å². The van der Waals surface area contributed by atoms with Crippen molar-refractivity contribution in [3.05, 3.63) is 75.8 Å². The number of benzene rings is 2. The molecule has 0 bridgehead atoms. The fraction of sp³-hybridized carbons (Fsp3) is 0.227. The van der Waals surface area contributed by atoms with Gasteiger partial charge < -0.3 is 10.1 Å². The molecule has 3 rings (SSSR count). The van der Waals surface area contributed by atoms with Crippen LogP contribution in [-0.2, 0) is 16.0 Å². The average Bonchev–Trinajstić information content (AvgIpc) is 3.02. The average molecular weight is 430 g/mol. The van der Waals surface area contributed by atoms with Crippen molar-refractivity contribution in [2.45, 2.75) is 26.7 Å². The van der Waals surface area contributed by atoms with E-state index in [9.17, 15) is 14.0 Å². The summed E-state index contributed by atoms with van der Waals surface area (Å²) in [6.07, 6.45) is 0.819. The van der Waals surface area contributed by atoms with E-state index in [-0.39, 0.29) is 18.1 Å². The Bertz CT molecular complexity index is 1090. The third-order valence-electron chi connectivity index (χ3n) is 4.80. The van der Waals surface area contributed by atoms with Gasteiger partial charge in [0.05, 0.1) is 24.2 Å². The van der Waals surface area contributed by atoms with E-state index in [1.807, 2.05) is 13.8 Å². The molecule has 0 aliphatic heterocycles. The molecule has 1 amide bonds. The van der Waals surface area contributed by atoms with E-state index in [0.717, 1.165) is 22.6 Å². The normalized spacial score (nSPS) is 10.7. The Morgan fingerprint density at radius 2 is 1.87 bits per heavy atom. The van der Waals surface area contributed by atoms with Gasteiger partial charge in [-0.05, 0) is 68.3 Å². The van der Waals surface area contributed by atoms with E-state index in [1.54, 1.807) is 28.9 Å². The van der Waals surface area contributed by atoms with Crippen molar-refractivity contribution in [2.24, 2.45) is 0 Å². The fourth-order valence-corrected chi connectivity index (χ4v) is 3.33. The lowest BCUT2D eigenvalue weighted by Crippen LogP contribution is -2.13. The Morgan fingerprint density at radius 1 is 1.17 bits per heavy atom. The van der Waals surface area contributed by atoms with Crippen LogP contribution in [0, 0.1) is 19.7 Å². The van der Waals surface area contributed by atoms with Gasteiger partial charge in [0.1, 0.15) is 5.82 Å². The highest BCUT2D eigenvalue weighted by Gasteiger charge is 2.15. The molecule has 2 aromatic carbocycles. The molecule has 1 aromatic heterocycles. The van der Waals surface area contributed by atoms with Gasteiger partial charge in [-0.15, -0.1) is 0 Å². The summed E-state index contributed by atoms with van der Waals surface area (Å²) in [6.45, 7) is 3.81. The molecule has 0 unspecified atom stereocenters. The monoisotopic (exact) mass is 429 g/mol. The number of aromatic nitrogens is 2. The van der Waals surface area contributed by atoms with Crippen molar-refractivity contribution in [1.29, 1.82) is 0 Å². The molecular weight excluding hydrogens is 409 g/mol. The number of hydrogen-bond acceptors (Lipinski definition) is 4. The number of nitrogens with zero attached hydrogens (tertiary/aromatic N) is 2. The number of aryl methyl sites for hydroxylation is 1. The third kappa shape index (κ3) is 4.68. The van der Waals surface area contributed by atoms with Crippen molar-refractivity contribution < 1.29 is 18.7 Å². The van der Waals surface area contributed by atoms with Crippen molar-refractivity contribution in [3.8, 4) is 5.69 Å². The number of methoxy groups -OCH3 is 1. The van der Waals surface area contributed by atoms with Gasteiger partial charge in [-0.25, -0.2) is 9.07 Å². The molecule has 0 spiro atoms. The number of anilines is 1. The number of halogens is 2. The van der Waals surface area contributed by atoms with E-state index in [0.29, 0.717) is 17.0 Å². The highest BCUT2D eigenvalue weighted by molar-refractivity contribution is 6.31. The number of hydrogen-bond donors (Lipinski definition) is 1. The number of amides is 1. The summed E-state index contributed by atoms with van der Waals surface area (Å²) in [4.78, 5) is 23.9. The van der Waals surface area contributed by atoms with Gasteiger partial charge in [0.15, 0.2) is 0 Å². The van der Waals surface area contributed by atoms with Crippen molar-refractivity contribution in [3.63, 3.8) is 0 Å². The quantitative estimate of drug-likeness (QED) is 0.579. The molecule has 1 N–H and O–H groups in total. The van der Waals surface area contributed by atoms with E-state index in [1.165, 1.54) is 25.3 Å². The van der Waals surface area contributed by atoms with E-state index in [4.69, 9.17) is 16.3 Å². The molecule has 1 heterocycles. The number of nitrogens with one attached hydrogen (secondary N) is 1. The van der Waals surface area contributed by atoms with Crippen LogP contribution >= 0.6 is 11.6 Å². The smallest absolute Gasteiger partial charge is 0.305 e. The molecule has 6 nitrogen and oxygen atoms in total. The zero-order valence-electron chi connectivity index (χ0n) is 16.8. The zero-order chi connectivity index (χ0) is 21.8. The highest BCUT2D eigenvalue weighted by atomic mass is 35.5. The molecule has 0 saturated carbocycles. The second-order valence-corrected chi connectivity index (χ2v) is 7.20. The van der Waals surface area contributed by atoms with Crippen LogP contribution in [0.25, 0.3) is 5.69 Å². The van der Waals surface area contributed by atoms with Gasteiger partial charge in [0.25, 0.3) is 5.91 Å². The minimum absolute atomic E-state index is 0.0189. The maximum Gasteiger partial charge on any atom is 0.305 e. The van der Waals surface area contributed by atoms with Crippen molar-refractivity contribution >= 4 is 29.2 Å². The Kier molecular flexibility index (Phi) is 6.52. The molecule has 0 radical (unpaired) electrons. The topological polar surface area (TPSA) is 73.2 Å². The first-order valence-electron chi connectivity index (χ1n) is 9.29. The van der Waals surface area contributed by atoms with Crippen LogP contribution in [0.15, 0.2) is 42.5 Å². The molecular formula is C22H21ClFN3O3. The fourth-order valence-electron chi connectivity index (χ4n) is 3.16. The SMILES string of the molecule is COC(=O)CCc1c(C)nn(-c2ccc(C(=O)Nc3cc(Cl)ccc3F)cc2)c1C. The lowest BCUT2D eigenvalue weighted by Gasteiger charge is -2.09. The van der Waals surface area contributed by atoms with Gasteiger partial charge in [0.2, 0.25) is 0 Å². The summed E-state index contributed by atoms with van der Waals surface area (Å²) >= 11 is 5.86. The van der Waals surface area contributed by atoms with Crippen LogP contribution in [-0.4, -0.2) is 28.8 Å². The van der Waals surface area contributed by atoms with Gasteiger partial charge in [0, 0.05) is 22.7 Å². The Hall–Kier alpha value is -3.19. The largest absolute Gasteiger partial charge is 0.469 e. The number of rotatable bonds is 6. The maximum absolute atomic E-state index is 13.8.